The molecule has 2 amide bonds. The number of aryl methyl sites for hydroxylation is 2. The summed E-state index contributed by atoms with van der Waals surface area (Å²) in [5.41, 5.74) is 5.98. The van der Waals surface area contributed by atoms with Crippen LogP contribution in [0.5, 0.6) is 5.75 Å². The summed E-state index contributed by atoms with van der Waals surface area (Å²) in [6.07, 6.45) is 0.511. The van der Waals surface area contributed by atoms with Gasteiger partial charge in [-0.3, -0.25) is 4.57 Å². The molecule has 1 heterocycles. The number of carbonyl (C=O) groups is 1. The molecule has 9 heteroatoms. The minimum atomic E-state index is -0.496. The Morgan fingerprint density at radius 2 is 1.69 bits per heavy atom. The quantitative estimate of drug-likeness (QED) is 0.160. The fourth-order valence-corrected chi connectivity index (χ4v) is 5.72. The molecule has 5 rings (SSSR count). The summed E-state index contributed by atoms with van der Waals surface area (Å²) in [5, 5.41) is 16.7. The first kappa shape index (κ1) is 29.2. The van der Waals surface area contributed by atoms with Gasteiger partial charge in [0.25, 0.3) is 0 Å². The molecule has 0 saturated carbocycles. The number of amides is 2. The topological polar surface area (TPSA) is 81.1 Å². The van der Waals surface area contributed by atoms with Crippen LogP contribution < -0.4 is 15.4 Å². The summed E-state index contributed by atoms with van der Waals surface area (Å²) in [5.74, 6) is 2.04. The van der Waals surface area contributed by atoms with Crippen LogP contribution in [0.25, 0.3) is 5.69 Å². The molecule has 0 saturated heterocycles. The predicted octanol–water partition coefficient (Wildman–Crippen LogP) is 7.94. The molecule has 5 aromatic rings. The first-order valence-electron chi connectivity index (χ1n) is 13.6. The van der Waals surface area contributed by atoms with Crippen molar-refractivity contribution in [3.05, 3.63) is 130 Å². The van der Waals surface area contributed by atoms with E-state index in [9.17, 15) is 4.79 Å². The fourth-order valence-electron chi connectivity index (χ4n) is 4.66. The third-order valence-electron chi connectivity index (χ3n) is 6.77. The Labute approximate surface area is 255 Å². The smallest absolute Gasteiger partial charge is 0.319 e. The van der Waals surface area contributed by atoms with E-state index in [4.69, 9.17) is 16.3 Å². The molecule has 0 aliphatic rings. The van der Waals surface area contributed by atoms with Crippen LogP contribution in [0.4, 0.5) is 10.5 Å². The molecule has 1 atom stereocenters. The zero-order chi connectivity index (χ0) is 29.5. The summed E-state index contributed by atoms with van der Waals surface area (Å²) in [7, 11) is 1.61. The molecule has 0 bridgehead atoms. The maximum absolute atomic E-state index is 13.3. The van der Waals surface area contributed by atoms with E-state index in [1.165, 1.54) is 11.1 Å². The maximum Gasteiger partial charge on any atom is 0.319 e. The van der Waals surface area contributed by atoms with Crippen LogP contribution in [0.1, 0.15) is 34.1 Å². The molecular formula is C33H32ClN5O2S. The fraction of sp³-hybridized carbons (Fsp3) is 0.182. The molecule has 2 N–H and O–H groups in total. The van der Waals surface area contributed by atoms with E-state index in [0.717, 1.165) is 16.8 Å². The van der Waals surface area contributed by atoms with Gasteiger partial charge in [0.05, 0.1) is 18.8 Å². The second-order valence-corrected chi connectivity index (χ2v) is 11.3. The first-order valence-corrected chi connectivity index (χ1v) is 14.9. The van der Waals surface area contributed by atoms with Gasteiger partial charge >= 0.3 is 6.03 Å². The van der Waals surface area contributed by atoms with Crippen molar-refractivity contribution in [2.45, 2.75) is 37.2 Å². The number of halogens is 1. The maximum atomic E-state index is 13.3. The number of hydrogen-bond donors (Lipinski definition) is 2. The Morgan fingerprint density at radius 1 is 0.929 bits per heavy atom. The number of urea groups is 1. The van der Waals surface area contributed by atoms with Gasteiger partial charge in [-0.25, -0.2) is 4.79 Å². The lowest BCUT2D eigenvalue weighted by molar-refractivity contribution is 0.247. The minimum absolute atomic E-state index is 0.354. The summed E-state index contributed by atoms with van der Waals surface area (Å²) in [4.78, 5) is 13.3. The number of anilines is 1. The number of methoxy groups -OCH3 is 1. The number of ether oxygens (including phenoxy) is 1. The van der Waals surface area contributed by atoms with Gasteiger partial charge in [-0.1, -0.05) is 89.6 Å². The van der Waals surface area contributed by atoms with Crippen molar-refractivity contribution in [3.8, 4) is 11.4 Å². The van der Waals surface area contributed by atoms with Crippen molar-refractivity contribution in [3.63, 3.8) is 0 Å². The standard InChI is InChI=1S/C33H32ClN5O2S/c1-22-8-7-11-25(18-22)21-42-33-38-37-31(39(33)30-20-26(34)13-12-23(30)2)29(19-24-9-5-4-6-10-24)36-32(40)35-27-14-16-28(41-3)17-15-27/h4-18,20,29H,19,21H2,1-3H3,(H2,35,36,40). The van der Waals surface area contributed by atoms with Gasteiger partial charge in [-0.15, -0.1) is 10.2 Å². The Hall–Kier alpha value is -4.27. The highest BCUT2D eigenvalue weighted by molar-refractivity contribution is 7.98. The Morgan fingerprint density at radius 3 is 2.43 bits per heavy atom. The molecule has 42 heavy (non-hydrogen) atoms. The van der Waals surface area contributed by atoms with Crippen LogP contribution >= 0.6 is 23.4 Å². The molecule has 214 valence electrons. The lowest BCUT2D eigenvalue weighted by Gasteiger charge is -2.21. The number of nitrogens with one attached hydrogen (secondary N) is 2. The molecule has 1 aromatic heterocycles. The van der Waals surface area contributed by atoms with Crippen molar-refractivity contribution in [2.24, 2.45) is 0 Å². The van der Waals surface area contributed by atoms with E-state index in [1.807, 2.05) is 60.0 Å². The second-order valence-electron chi connectivity index (χ2n) is 9.95. The highest BCUT2D eigenvalue weighted by Gasteiger charge is 2.26. The van der Waals surface area contributed by atoms with Crippen molar-refractivity contribution < 1.29 is 9.53 Å². The average Bonchev–Trinajstić information content (AvgIpc) is 3.41. The van der Waals surface area contributed by atoms with E-state index in [1.54, 1.807) is 43.1 Å². The Balaban J connectivity index is 1.51. The highest BCUT2D eigenvalue weighted by atomic mass is 35.5. The SMILES string of the molecule is COc1ccc(NC(=O)NC(Cc2ccccc2)c2nnc(SCc3cccc(C)c3)n2-c2cc(Cl)ccc2C)cc1. The van der Waals surface area contributed by atoms with E-state index in [-0.39, 0.29) is 6.03 Å². The van der Waals surface area contributed by atoms with Crippen LogP contribution in [-0.2, 0) is 12.2 Å². The van der Waals surface area contributed by atoms with Crippen LogP contribution in [0.15, 0.2) is 102 Å². The van der Waals surface area contributed by atoms with Crippen molar-refractivity contribution in [2.75, 3.05) is 12.4 Å². The summed E-state index contributed by atoms with van der Waals surface area (Å²) >= 11 is 8.08. The van der Waals surface area contributed by atoms with Crippen LogP contribution in [0.3, 0.4) is 0 Å². The van der Waals surface area contributed by atoms with Gasteiger partial charge in [0.1, 0.15) is 5.75 Å². The van der Waals surface area contributed by atoms with Gasteiger partial charge in [0, 0.05) is 22.9 Å². The van der Waals surface area contributed by atoms with Crippen molar-refractivity contribution >= 4 is 35.1 Å². The number of hydrogen-bond acceptors (Lipinski definition) is 5. The van der Waals surface area contributed by atoms with Crippen molar-refractivity contribution in [1.82, 2.24) is 20.1 Å². The third kappa shape index (κ3) is 7.32. The predicted molar refractivity (Wildman–Crippen MR) is 170 cm³/mol. The van der Waals surface area contributed by atoms with E-state index >= 15 is 0 Å². The van der Waals surface area contributed by atoms with Crippen LogP contribution in [0.2, 0.25) is 5.02 Å². The van der Waals surface area contributed by atoms with Gasteiger partial charge in [0.15, 0.2) is 11.0 Å². The molecule has 0 spiro atoms. The van der Waals surface area contributed by atoms with Gasteiger partial charge in [-0.05, 0) is 66.9 Å². The molecular weight excluding hydrogens is 566 g/mol. The Bertz CT molecular complexity index is 1660. The number of carbonyl (C=O) groups excluding carboxylic acids is 1. The van der Waals surface area contributed by atoms with E-state index < -0.39 is 6.04 Å². The summed E-state index contributed by atoms with van der Waals surface area (Å²) < 4.78 is 7.25. The zero-order valence-corrected chi connectivity index (χ0v) is 25.2. The monoisotopic (exact) mass is 597 g/mol. The largest absolute Gasteiger partial charge is 0.497 e. The molecule has 7 nitrogen and oxygen atoms in total. The molecule has 0 aliphatic heterocycles. The number of nitrogens with zero attached hydrogens (tertiary/aromatic N) is 3. The van der Waals surface area contributed by atoms with Gasteiger partial charge in [-0.2, -0.15) is 0 Å². The third-order valence-corrected chi connectivity index (χ3v) is 8.00. The second kappa shape index (κ2) is 13.6. The number of benzene rings is 4. The minimum Gasteiger partial charge on any atom is -0.497 e. The average molecular weight is 598 g/mol. The first-order chi connectivity index (χ1) is 20.4. The lowest BCUT2D eigenvalue weighted by atomic mass is 10.0. The number of aromatic nitrogens is 3. The normalized spacial score (nSPS) is 11.6. The van der Waals surface area contributed by atoms with E-state index in [0.29, 0.717) is 39.6 Å². The van der Waals surface area contributed by atoms with Gasteiger partial charge < -0.3 is 15.4 Å². The van der Waals surface area contributed by atoms with Crippen molar-refractivity contribution in [1.29, 1.82) is 0 Å². The van der Waals surface area contributed by atoms with Crippen LogP contribution in [0, 0.1) is 13.8 Å². The van der Waals surface area contributed by atoms with Gasteiger partial charge in [0.2, 0.25) is 0 Å². The number of thioether (sulfide) groups is 1. The molecule has 1 unspecified atom stereocenters. The zero-order valence-electron chi connectivity index (χ0n) is 23.7. The number of rotatable bonds is 10. The molecule has 0 aliphatic carbocycles. The highest BCUT2D eigenvalue weighted by Crippen LogP contribution is 2.32. The molecule has 4 aromatic carbocycles. The summed E-state index contributed by atoms with van der Waals surface area (Å²) in [6.45, 7) is 4.11. The lowest BCUT2D eigenvalue weighted by Crippen LogP contribution is -2.35. The molecule has 0 fully saturated rings. The van der Waals surface area contributed by atoms with Crippen LogP contribution in [-0.4, -0.2) is 27.9 Å². The molecule has 0 radical (unpaired) electrons. The Kier molecular flexibility index (Phi) is 9.46. The summed E-state index contributed by atoms with van der Waals surface area (Å²) in [6, 6.07) is 30.5. The van der Waals surface area contributed by atoms with E-state index in [2.05, 4.69) is 52.0 Å².